The second-order valence-electron chi connectivity index (χ2n) is 8.99. The molecule has 0 radical (unpaired) electrons. The smallest absolute Gasteiger partial charge is 0.333 e. The molecule has 178 valence electrons. The van der Waals surface area contributed by atoms with E-state index >= 15 is 0 Å². The van der Waals surface area contributed by atoms with Crippen LogP contribution in [0.15, 0.2) is 22.2 Å². The Morgan fingerprint density at radius 3 is 2.41 bits per heavy atom. The van der Waals surface area contributed by atoms with Crippen LogP contribution in [0.2, 0.25) is 0 Å². The number of nitrogens with two attached hydrogens (primary N) is 1. The summed E-state index contributed by atoms with van der Waals surface area (Å²) < 4.78 is 38.4. The van der Waals surface area contributed by atoms with E-state index in [0.29, 0.717) is 23.8 Å². The average Bonchev–Trinajstić information content (AvgIpc) is 2.68. The van der Waals surface area contributed by atoms with Gasteiger partial charge in [0.05, 0.1) is 31.6 Å². The molecule has 1 aliphatic rings. The minimum atomic E-state index is -4.33. The molecule has 0 atom stereocenters. The number of aliphatic imine (C=N–C) groups is 1. The van der Waals surface area contributed by atoms with Crippen molar-refractivity contribution in [3.63, 3.8) is 0 Å². The second kappa shape index (κ2) is 9.76. The number of urea groups is 1. The predicted molar refractivity (Wildman–Crippen MR) is 124 cm³/mol. The Morgan fingerprint density at radius 2 is 1.94 bits per heavy atom. The number of sulfonamides is 1. The summed E-state index contributed by atoms with van der Waals surface area (Å²) in [6.07, 6.45) is 0.862. The number of nitrogens with zero attached hydrogens (tertiary/aromatic N) is 2. The fourth-order valence-electron chi connectivity index (χ4n) is 3.06. The van der Waals surface area contributed by atoms with Crippen molar-refractivity contribution in [2.45, 2.75) is 53.4 Å². The average molecular weight is 468 g/mol. The summed E-state index contributed by atoms with van der Waals surface area (Å²) in [4.78, 5) is 20.9. The molecule has 0 saturated heterocycles. The zero-order chi connectivity index (χ0) is 24.3. The van der Waals surface area contributed by atoms with Crippen molar-refractivity contribution in [1.82, 2.24) is 9.71 Å². The number of nitrogens with one attached hydrogen (secondary N) is 2. The van der Waals surface area contributed by atoms with Crippen LogP contribution in [-0.4, -0.2) is 45.6 Å². The molecule has 1 aliphatic heterocycles. The summed E-state index contributed by atoms with van der Waals surface area (Å²) in [6, 6.07) is 0.773. The summed E-state index contributed by atoms with van der Waals surface area (Å²) in [5.74, 6) is 0.259. The highest BCUT2D eigenvalue weighted by Gasteiger charge is 2.32. The number of methoxy groups -OCH3 is 1. The standard InChI is InChI=1S/C21H33N5O5S/c1-12(2)14-8-16(30-7)24-17(13(3)4)18(14)25-20(27)26-32(28,29)15(9-22)19-23-10-21(5,6)11-31-19/h8-9,12-13H,10-11,22H2,1-7H3,(H2,25,26,27). The van der Waals surface area contributed by atoms with E-state index in [2.05, 4.69) is 15.3 Å². The summed E-state index contributed by atoms with van der Waals surface area (Å²) >= 11 is 0. The number of carbonyl (C=O) groups is 1. The minimum Gasteiger partial charge on any atom is -0.481 e. The molecule has 2 amide bonds. The van der Waals surface area contributed by atoms with E-state index in [1.807, 2.05) is 46.3 Å². The van der Waals surface area contributed by atoms with Crippen LogP contribution in [0.5, 0.6) is 5.88 Å². The van der Waals surface area contributed by atoms with E-state index in [1.54, 1.807) is 6.07 Å². The highest BCUT2D eigenvalue weighted by molar-refractivity contribution is 7.94. The highest BCUT2D eigenvalue weighted by Crippen LogP contribution is 2.34. The monoisotopic (exact) mass is 467 g/mol. The first kappa shape index (κ1) is 25.4. The maximum absolute atomic E-state index is 12.8. The summed E-state index contributed by atoms with van der Waals surface area (Å²) in [6.45, 7) is 12.3. The van der Waals surface area contributed by atoms with E-state index in [0.717, 1.165) is 11.8 Å². The van der Waals surface area contributed by atoms with Crippen molar-refractivity contribution in [2.24, 2.45) is 16.1 Å². The maximum atomic E-state index is 12.8. The van der Waals surface area contributed by atoms with Crippen LogP contribution in [0, 0.1) is 5.41 Å². The first-order chi connectivity index (χ1) is 14.8. The van der Waals surface area contributed by atoms with Crippen molar-refractivity contribution >= 4 is 27.6 Å². The molecule has 32 heavy (non-hydrogen) atoms. The van der Waals surface area contributed by atoms with Crippen LogP contribution in [0.25, 0.3) is 0 Å². The molecule has 1 aromatic rings. The SMILES string of the molecule is COc1cc(C(C)C)c(NC(=O)NS(=O)(=O)C(=CN)C2=NCC(C)(C)CO2)c(C(C)C)n1. The number of ether oxygens (including phenoxy) is 2. The third-order valence-electron chi connectivity index (χ3n) is 4.80. The van der Waals surface area contributed by atoms with Gasteiger partial charge in [0.1, 0.15) is 0 Å². The van der Waals surface area contributed by atoms with E-state index in [9.17, 15) is 13.2 Å². The Kier molecular flexibility index (Phi) is 7.76. The lowest BCUT2D eigenvalue weighted by atomic mass is 9.94. The van der Waals surface area contributed by atoms with Gasteiger partial charge in [-0.05, 0) is 17.4 Å². The molecule has 4 N–H and O–H groups in total. The van der Waals surface area contributed by atoms with Crippen molar-refractivity contribution in [2.75, 3.05) is 25.6 Å². The molecule has 0 spiro atoms. The normalized spacial score (nSPS) is 16.4. The number of anilines is 1. The van der Waals surface area contributed by atoms with Crippen LogP contribution in [0.4, 0.5) is 10.5 Å². The first-order valence-corrected chi connectivity index (χ1v) is 11.8. The van der Waals surface area contributed by atoms with Gasteiger partial charge in [0.25, 0.3) is 10.0 Å². The van der Waals surface area contributed by atoms with Crippen LogP contribution >= 0.6 is 0 Å². The van der Waals surface area contributed by atoms with Gasteiger partial charge < -0.3 is 20.5 Å². The molecular weight excluding hydrogens is 434 g/mol. The van der Waals surface area contributed by atoms with Gasteiger partial charge in [-0.3, -0.25) is 0 Å². The molecule has 10 nitrogen and oxygen atoms in total. The van der Waals surface area contributed by atoms with Gasteiger partial charge in [-0.2, -0.15) is 0 Å². The van der Waals surface area contributed by atoms with Crippen molar-refractivity contribution < 1.29 is 22.7 Å². The molecule has 0 aliphatic carbocycles. The zero-order valence-electron chi connectivity index (χ0n) is 19.6. The van der Waals surface area contributed by atoms with Crippen molar-refractivity contribution in [3.8, 4) is 5.88 Å². The number of hydrogen-bond acceptors (Lipinski definition) is 8. The lowest BCUT2D eigenvalue weighted by Gasteiger charge is -2.28. The zero-order valence-corrected chi connectivity index (χ0v) is 20.5. The molecule has 0 fully saturated rings. The van der Waals surface area contributed by atoms with E-state index < -0.39 is 21.0 Å². The van der Waals surface area contributed by atoms with Gasteiger partial charge in [0, 0.05) is 17.7 Å². The second-order valence-corrected chi connectivity index (χ2v) is 10.6. The maximum Gasteiger partial charge on any atom is 0.333 e. The van der Waals surface area contributed by atoms with Crippen LogP contribution in [0.1, 0.15) is 64.6 Å². The predicted octanol–water partition coefficient (Wildman–Crippen LogP) is 3.04. The number of amides is 2. The molecule has 2 heterocycles. The Morgan fingerprint density at radius 1 is 1.28 bits per heavy atom. The molecule has 0 aromatic carbocycles. The fraction of sp³-hybridized carbons (Fsp3) is 0.571. The van der Waals surface area contributed by atoms with Gasteiger partial charge in [0.15, 0.2) is 4.91 Å². The van der Waals surface area contributed by atoms with E-state index in [1.165, 1.54) is 7.11 Å². The topological polar surface area (TPSA) is 145 Å². The van der Waals surface area contributed by atoms with Crippen LogP contribution in [-0.2, 0) is 14.8 Å². The first-order valence-electron chi connectivity index (χ1n) is 10.3. The van der Waals surface area contributed by atoms with Gasteiger partial charge >= 0.3 is 6.03 Å². The fourth-order valence-corrected chi connectivity index (χ4v) is 3.99. The third-order valence-corrected chi connectivity index (χ3v) is 6.14. The largest absolute Gasteiger partial charge is 0.481 e. The molecule has 0 bridgehead atoms. The summed E-state index contributed by atoms with van der Waals surface area (Å²) in [7, 11) is -2.82. The van der Waals surface area contributed by atoms with Crippen LogP contribution in [0.3, 0.4) is 0 Å². The number of rotatable bonds is 7. The lowest BCUT2D eigenvalue weighted by Crippen LogP contribution is -2.40. The summed E-state index contributed by atoms with van der Waals surface area (Å²) in [5.41, 5.74) is 7.11. The molecule has 1 aromatic heterocycles. The van der Waals surface area contributed by atoms with E-state index in [-0.39, 0.29) is 29.8 Å². The molecular formula is C21H33N5O5S. The van der Waals surface area contributed by atoms with Crippen LogP contribution < -0.4 is 20.5 Å². The third kappa shape index (κ3) is 5.90. The molecule has 0 saturated carbocycles. The van der Waals surface area contributed by atoms with Gasteiger partial charge in [-0.1, -0.05) is 41.5 Å². The van der Waals surface area contributed by atoms with Gasteiger partial charge in [0.2, 0.25) is 11.8 Å². The number of carbonyl (C=O) groups excluding carboxylic acids is 1. The molecule has 11 heteroatoms. The number of pyridine rings is 1. The molecule has 0 unspecified atom stereocenters. The Balaban J connectivity index is 2.33. The van der Waals surface area contributed by atoms with Crippen molar-refractivity contribution in [1.29, 1.82) is 0 Å². The summed E-state index contributed by atoms with van der Waals surface area (Å²) in [5, 5.41) is 2.65. The quantitative estimate of drug-likeness (QED) is 0.559. The van der Waals surface area contributed by atoms with Crippen molar-refractivity contribution in [3.05, 3.63) is 28.4 Å². The van der Waals surface area contributed by atoms with E-state index in [4.69, 9.17) is 15.2 Å². The lowest BCUT2D eigenvalue weighted by molar-refractivity contribution is 0.157. The molecule has 2 rings (SSSR count). The Bertz CT molecular complexity index is 1000. The Hall–Kier alpha value is -2.82. The Labute approximate surface area is 189 Å². The minimum absolute atomic E-state index is 0.0177. The number of aromatic nitrogens is 1. The highest BCUT2D eigenvalue weighted by atomic mass is 32.2. The van der Waals surface area contributed by atoms with Gasteiger partial charge in [-0.25, -0.2) is 27.9 Å². The van der Waals surface area contributed by atoms with Gasteiger partial charge in [-0.15, -0.1) is 0 Å². The number of hydrogen-bond donors (Lipinski definition) is 3.